The molecule has 0 saturated heterocycles. The summed E-state index contributed by atoms with van der Waals surface area (Å²) in [5.41, 5.74) is 1.81. The number of anilines is 1. The zero-order valence-electron chi connectivity index (χ0n) is 19.7. The molecule has 0 unspecified atom stereocenters. The van der Waals surface area contributed by atoms with Crippen molar-refractivity contribution in [2.75, 3.05) is 17.1 Å². The van der Waals surface area contributed by atoms with Crippen LogP contribution >= 0.6 is 11.6 Å². The average molecular weight is 494 g/mol. The molecule has 0 aliphatic carbocycles. The summed E-state index contributed by atoms with van der Waals surface area (Å²) in [5, 5.41) is 3.32. The molecule has 33 heavy (non-hydrogen) atoms. The Balaban J connectivity index is 2.47. The van der Waals surface area contributed by atoms with Gasteiger partial charge in [-0.25, -0.2) is 8.42 Å². The minimum absolute atomic E-state index is 0.0773. The molecule has 7 nitrogen and oxygen atoms in total. The molecule has 0 saturated carbocycles. The van der Waals surface area contributed by atoms with Gasteiger partial charge in [-0.1, -0.05) is 54.9 Å². The van der Waals surface area contributed by atoms with Gasteiger partial charge >= 0.3 is 0 Å². The molecule has 180 valence electrons. The molecule has 0 spiro atoms. The number of nitrogens with one attached hydrogen (secondary N) is 1. The van der Waals surface area contributed by atoms with Gasteiger partial charge < -0.3 is 10.2 Å². The molecule has 0 fully saturated rings. The van der Waals surface area contributed by atoms with Gasteiger partial charge in [-0.2, -0.15) is 0 Å². The van der Waals surface area contributed by atoms with Crippen molar-refractivity contribution in [1.82, 2.24) is 10.2 Å². The van der Waals surface area contributed by atoms with Crippen LogP contribution in [-0.2, 0) is 26.2 Å². The summed E-state index contributed by atoms with van der Waals surface area (Å²) < 4.78 is 26.3. The normalized spacial score (nSPS) is 12.3. The Hall–Kier alpha value is -2.58. The van der Waals surface area contributed by atoms with Crippen LogP contribution in [0, 0.1) is 6.92 Å². The maximum absolute atomic E-state index is 13.6. The second kappa shape index (κ2) is 11.5. The number of rotatable bonds is 10. The van der Waals surface area contributed by atoms with Gasteiger partial charge in [0.25, 0.3) is 0 Å². The standard InChI is InChI=1S/C24H32ClN3O4S/c1-6-21(24(30)26-17(2)3)27(15-19-12-8-9-13-20(19)25)23(29)16-28(33(5,31)32)22-14-10-7-11-18(22)4/h7-14,17,21H,6,15-16H2,1-5H3,(H,26,30)/t21-/m1/s1. The molecular formula is C24H32ClN3O4S. The zero-order chi connectivity index (χ0) is 24.8. The lowest BCUT2D eigenvalue weighted by Crippen LogP contribution is -2.53. The number of sulfonamides is 1. The van der Waals surface area contributed by atoms with Gasteiger partial charge in [0.05, 0.1) is 11.9 Å². The van der Waals surface area contributed by atoms with E-state index in [-0.39, 0.29) is 18.5 Å². The summed E-state index contributed by atoms with van der Waals surface area (Å²) in [4.78, 5) is 27.9. The molecule has 0 aromatic heterocycles. The van der Waals surface area contributed by atoms with Crippen molar-refractivity contribution in [2.24, 2.45) is 0 Å². The third-order valence-electron chi connectivity index (χ3n) is 5.18. The zero-order valence-corrected chi connectivity index (χ0v) is 21.3. The quantitative estimate of drug-likeness (QED) is 0.546. The highest BCUT2D eigenvalue weighted by Gasteiger charge is 2.32. The Labute approximate surface area is 201 Å². The predicted molar refractivity (Wildman–Crippen MR) is 133 cm³/mol. The van der Waals surface area contributed by atoms with E-state index < -0.39 is 28.5 Å². The van der Waals surface area contributed by atoms with Gasteiger partial charge in [0.2, 0.25) is 21.8 Å². The van der Waals surface area contributed by atoms with Crippen molar-refractivity contribution >= 4 is 39.1 Å². The van der Waals surface area contributed by atoms with E-state index in [1.807, 2.05) is 20.8 Å². The van der Waals surface area contributed by atoms with Crippen molar-refractivity contribution in [3.8, 4) is 0 Å². The van der Waals surface area contributed by atoms with Crippen LogP contribution in [-0.4, -0.2) is 50.0 Å². The van der Waals surface area contributed by atoms with Gasteiger partial charge in [-0.15, -0.1) is 0 Å². The summed E-state index contributed by atoms with van der Waals surface area (Å²) in [7, 11) is -3.76. The molecule has 0 heterocycles. The Morgan fingerprint density at radius 2 is 1.67 bits per heavy atom. The number of benzene rings is 2. The predicted octanol–water partition coefficient (Wildman–Crippen LogP) is 3.75. The lowest BCUT2D eigenvalue weighted by atomic mass is 10.1. The van der Waals surface area contributed by atoms with Crippen molar-refractivity contribution in [1.29, 1.82) is 0 Å². The molecule has 1 atom stereocenters. The smallest absolute Gasteiger partial charge is 0.244 e. The summed E-state index contributed by atoms with van der Waals surface area (Å²) >= 11 is 6.33. The van der Waals surface area contributed by atoms with Crippen molar-refractivity contribution in [3.05, 3.63) is 64.7 Å². The molecule has 2 amide bonds. The number of hydrogen-bond donors (Lipinski definition) is 1. The highest BCUT2D eigenvalue weighted by molar-refractivity contribution is 7.92. The Morgan fingerprint density at radius 1 is 1.06 bits per heavy atom. The second-order valence-electron chi connectivity index (χ2n) is 8.26. The highest BCUT2D eigenvalue weighted by Crippen LogP contribution is 2.24. The third kappa shape index (κ3) is 7.20. The van der Waals surface area contributed by atoms with Crippen LogP contribution in [0.5, 0.6) is 0 Å². The first-order valence-electron chi connectivity index (χ1n) is 10.8. The van der Waals surface area contributed by atoms with Gasteiger partial charge in [0.15, 0.2) is 0 Å². The third-order valence-corrected chi connectivity index (χ3v) is 6.67. The van der Waals surface area contributed by atoms with Gasteiger partial charge in [0.1, 0.15) is 12.6 Å². The summed E-state index contributed by atoms with van der Waals surface area (Å²) in [6, 6.07) is 13.1. The monoisotopic (exact) mass is 493 g/mol. The maximum atomic E-state index is 13.6. The molecule has 9 heteroatoms. The molecule has 2 aromatic carbocycles. The van der Waals surface area contributed by atoms with E-state index in [1.165, 1.54) is 4.90 Å². The first-order chi connectivity index (χ1) is 15.5. The Morgan fingerprint density at radius 3 is 2.21 bits per heavy atom. The maximum Gasteiger partial charge on any atom is 0.244 e. The number of carbonyl (C=O) groups excluding carboxylic acids is 2. The van der Waals surface area contributed by atoms with Crippen LogP contribution in [0.1, 0.15) is 38.3 Å². The van der Waals surface area contributed by atoms with Gasteiger partial charge in [0, 0.05) is 17.6 Å². The molecule has 0 aliphatic heterocycles. The molecule has 2 aromatic rings. The second-order valence-corrected chi connectivity index (χ2v) is 10.6. The fourth-order valence-corrected chi connectivity index (χ4v) is 4.65. The Kier molecular flexibility index (Phi) is 9.31. The van der Waals surface area contributed by atoms with Crippen molar-refractivity contribution in [2.45, 2.75) is 52.7 Å². The first-order valence-corrected chi connectivity index (χ1v) is 13.0. The van der Waals surface area contributed by atoms with Gasteiger partial charge in [-0.3, -0.25) is 13.9 Å². The summed E-state index contributed by atoms with van der Waals surface area (Å²) in [5.74, 6) is -0.788. The summed E-state index contributed by atoms with van der Waals surface area (Å²) in [6.45, 7) is 6.92. The molecule has 0 radical (unpaired) electrons. The van der Waals surface area contributed by atoms with E-state index in [9.17, 15) is 18.0 Å². The summed E-state index contributed by atoms with van der Waals surface area (Å²) in [6.07, 6.45) is 1.42. The van der Waals surface area contributed by atoms with Crippen LogP contribution in [0.3, 0.4) is 0 Å². The van der Waals surface area contributed by atoms with E-state index in [1.54, 1.807) is 55.5 Å². The van der Waals surface area contributed by atoms with Crippen LogP contribution in [0.2, 0.25) is 5.02 Å². The van der Waals surface area contributed by atoms with Crippen LogP contribution in [0.4, 0.5) is 5.69 Å². The lowest BCUT2D eigenvalue weighted by Gasteiger charge is -2.33. The van der Waals surface area contributed by atoms with E-state index >= 15 is 0 Å². The van der Waals surface area contributed by atoms with Crippen molar-refractivity contribution < 1.29 is 18.0 Å². The number of carbonyl (C=O) groups is 2. The number of nitrogens with zero attached hydrogens (tertiary/aromatic N) is 2. The molecule has 1 N–H and O–H groups in total. The molecular weight excluding hydrogens is 462 g/mol. The van der Waals surface area contributed by atoms with E-state index in [2.05, 4.69) is 5.32 Å². The van der Waals surface area contributed by atoms with E-state index in [4.69, 9.17) is 11.6 Å². The number of halogens is 1. The largest absolute Gasteiger partial charge is 0.352 e. The minimum atomic E-state index is -3.76. The molecule has 0 aliphatic rings. The number of para-hydroxylation sites is 1. The van der Waals surface area contributed by atoms with Crippen LogP contribution < -0.4 is 9.62 Å². The molecule has 0 bridgehead atoms. The lowest BCUT2D eigenvalue weighted by molar-refractivity contribution is -0.140. The SMILES string of the molecule is CC[C@H](C(=O)NC(C)C)N(Cc1ccccc1Cl)C(=O)CN(c1ccccc1C)S(C)(=O)=O. The highest BCUT2D eigenvalue weighted by atomic mass is 35.5. The van der Waals surface area contributed by atoms with Crippen molar-refractivity contribution in [3.63, 3.8) is 0 Å². The number of hydrogen-bond acceptors (Lipinski definition) is 4. The fourth-order valence-electron chi connectivity index (χ4n) is 3.55. The average Bonchev–Trinajstić information content (AvgIpc) is 2.72. The Bertz CT molecular complexity index is 1090. The molecule has 2 rings (SSSR count). The van der Waals surface area contributed by atoms with Crippen LogP contribution in [0.15, 0.2) is 48.5 Å². The number of aryl methyl sites for hydroxylation is 1. The first kappa shape index (κ1) is 26.7. The van der Waals surface area contributed by atoms with Gasteiger partial charge in [-0.05, 0) is 50.5 Å². The topological polar surface area (TPSA) is 86.8 Å². The van der Waals surface area contributed by atoms with E-state index in [0.29, 0.717) is 22.7 Å². The number of amides is 2. The van der Waals surface area contributed by atoms with Crippen LogP contribution in [0.25, 0.3) is 0 Å². The van der Waals surface area contributed by atoms with E-state index in [0.717, 1.165) is 16.1 Å². The fraction of sp³-hybridized carbons (Fsp3) is 0.417. The minimum Gasteiger partial charge on any atom is -0.352 e.